The summed E-state index contributed by atoms with van der Waals surface area (Å²) in [6.45, 7) is 6.91. The SMILES string of the molecule is CC(C)CC1CCCC(C)N1. The van der Waals surface area contributed by atoms with Crippen molar-refractivity contribution in [3.05, 3.63) is 0 Å². The summed E-state index contributed by atoms with van der Waals surface area (Å²) >= 11 is 0. The first-order chi connectivity index (χ1) is 5.18. The smallest absolute Gasteiger partial charge is 0.00719 e. The van der Waals surface area contributed by atoms with Gasteiger partial charge >= 0.3 is 0 Å². The van der Waals surface area contributed by atoms with Crippen molar-refractivity contribution in [1.82, 2.24) is 5.32 Å². The van der Waals surface area contributed by atoms with Gasteiger partial charge in [0.05, 0.1) is 0 Å². The van der Waals surface area contributed by atoms with Gasteiger partial charge in [-0.3, -0.25) is 0 Å². The van der Waals surface area contributed by atoms with Gasteiger partial charge < -0.3 is 5.32 Å². The van der Waals surface area contributed by atoms with E-state index in [-0.39, 0.29) is 0 Å². The Bertz CT molecular complexity index is 107. The zero-order valence-electron chi connectivity index (χ0n) is 8.06. The molecule has 0 radical (unpaired) electrons. The van der Waals surface area contributed by atoms with Crippen LogP contribution in [0.1, 0.15) is 46.5 Å². The second kappa shape index (κ2) is 4.10. The van der Waals surface area contributed by atoms with Crippen molar-refractivity contribution in [2.75, 3.05) is 0 Å². The van der Waals surface area contributed by atoms with Gasteiger partial charge in [0.25, 0.3) is 0 Å². The average Bonchev–Trinajstić information content (AvgIpc) is 1.85. The fourth-order valence-electron chi connectivity index (χ4n) is 1.99. The van der Waals surface area contributed by atoms with Crippen LogP contribution in [0.3, 0.4) is 0 Å². The highest BCUT2D eigenvalue weighted by Crippen LogP contribution is 2.17. The highest BCUT2D eigenvalue weighted by molar-refractivity contribution is 4.78. The zero-order chi connectivity index (χ0) is 8.27. The van der Waals surface area contributed by atoms with E-state index in [1.54, 1.807) is 0 Å². The monoisotopic (exact) mass is 155 g/mol. The molecule has 0 bridgehead atoms. The van der Waals surface area contributed by atoms with Gasteiger partial charge in [0.2, 0.25) is 0 Å². The van der Waals surface area contributed by atoms with Crippen LogP contribution in [0.25, 0.3) is 0 Å². The van der Waals surface area contributed by atoms with Crippen LogP contribution >= 0.6 is 0 Å². The summed E-state index contributed by atoms with van der Waals surface area (Å²) in [6.07, 6.45) is 5.53. The normalized spacial score (nSPS) is 32.7. The Morgan fingerprint density at radius 3 is 2.64 bits per heavy atom. The highest BCUT2D eigenvalue weighted by Gasteiger charge is 2.17. The van der Waals surface area contributed by atoms with Crippen molar-refractivity contribution < 1.29 is 0 Å². The van der Waals surface area contributed by atoms with Crippen LogP contribution in [0.4, 0.5) is 0 Å². The van der Waals surface area contributed by atoms with Crippen molar-refractivity contribution in [3.8, 4) is 0 Å². The molecule has 1 aliphatic rings. The minimum Gasteiger partial charge on any atom is -0.311 e. The van der Waals surface area contributed by atoms with E-state index in [1.165, 1.54) is 25.7 Å². The molecule has 1 nitrogen and oxygen atoms in total. The van der Waals surface area contributed by atoms with Crippen LogP contribution in [-0.4, -0.2) is 12.1 Å². The minimum absolute atomic E-state index is 0.757. The molecule has 1 fully saturated rings. The van der Waals surface area contributed by atoms with Gasteiger partial charge in [-0.1, -0.05) is 20.3 Å². The van der Waals surface area contributed by atoms with Gasteiger partial charge in [0.15, 0.2) is 0 Å². The topological polar surface area (TPSA) is 12.0 Å². The molecule has 0 aromatic rings. The second-order valence-electron chi connectivity index (χ2n) is 4.33. The van der Waals surface area contributed by atoms with Crippen LogP contribution in [0.2, 0.25) is 0 Å². The van der Waals surface area contributed by atoms with Crippen molar-refractivity contribution in [3.63, 3.8) is 0 Å². The maximum absolute atomic E-state index is 3.65. The van der Waals surface area contributed by atoms with E-state index in [0.717, 1.165) is 18.0 Å². The molecule has 0 saturated carbocycles. The Labute approximate surface area is 70.6 Å². The van der Waals surface area contributed by atoms with Crippen LogP contribution in [0, 0.1) is 5.92 Å². The zero-order valence-corrected chi connectivity index (χ0v) is 8.06. The second-order valence-corrected chi connectivity index (χ2v) is 4.33. The van der Waals surface area contributed by atoms with E-state index in [1.807, 2.05) is 0 Å². The molecule has 11 heavy (non-hydrogen) atoms. The molecule has 0 amide bonds. The maximum Gasteiger partial charge on any atom is 0.00719 e. The molecule has 0 aromatic carbocycles. The molecule has 1 aliphatic heterocycles. The van der Waals surface area contributed by atoms with E-state index < -0.39 is 0 Å². The summed E-state index contributed by atoms with van der Waals surface area (Å²) in [5.74, 6) is 0.845. The molecule has 2 atom stereocenters. The third-order valence-corrected chi connectivity index (χ3v) is 2.47. The molecule has 0 aromatic heterocycles. The fourth-order valence-corrected chi connectivity index (χ4v) is 1.99. The lowest BCUT2D eigenvalue weighted by molar-refractivity contribution is 0.298. The van der Waals surface area contributed by atoms with Gasteiger partial charge in [0, 0.05) is 12.1 Å². The summed E-state index contributed by atoms with van der Waals surface area (Å²) in [6, 6.07) is 1.56. The average molecular weight is 155 g/mol. The predicted octanol–water partition coefficient (Wildman–Crippen LogP) is 2.56. The van der Waals surface area contributed by atoms with Crippen molar-refractivity contribution in [2.24, 2.45) is 5.92 Å². The van der Waals surface area contributed by atoms with Crippen LogP contribution in [0.5, 0.6) is 0 Å². The largest absolute Gasteiger partial charge is 0.311 e. The van der Waals surface area contributed by atoms with E-state index in [4.69, 9.17) is 0 Å². The van der Waals surface area contributed by atoms with Gasteiger partial charge in [-0.05, 0) is 32.1 Å². The standard InChI is InChI=1S/C10H21N/c1-8(2)7-10-6-4-5-9(3)11-10/h8-11H,4-7H2,1-3H3. The first kappa shape index (κ1) is 9.05. The van der Waals surface area contributed by atoms with E-state index in [2.05, 4.69) is 26.1 Å². The summed E-state index contributed by atoms with van der Waals surface area (Å²) in [5, 5.41) is 3.65. The van der Waals surface area contributed by atoms with E-state index in [0.29, 0.717) is 0 Å². The molecule has 2 unspecified atom stereocenters. The molecule has 1 heteroatoms. The molecule has 1 N–H and O–H groups in total. The van der Waals surface area contributed by atoms with Crippen LogP contribution in [-0.2, 0) is 0 Å². The Morgan fingerprint density at radius 2 is 2.09 bits per heavy atom. The van der Waals surface area contributed by atoms with E-state index in [9.17, 15) is 0 Å². The van der Waals surface area contributed by atoms with Crippen molar-refractivity contribution >= 4 is 0 Å². The molecule has 0 spiro atoms. The number of hydrogen-bond acceptors (Lipinski definition) is 1. The molecule has 1 rings (SSSR count). The van der Waals surface area contributed by atoms with Crippen molar-refractivity contribution in [2.45, 2.75) is 58.5 Å². The summed E-state index contributed by atoms with van der Waals surface area (Å²) in [4.78, 5) is 0. The highest BCUT2D eigenvalue weighted by atomic mass is 15.0. The number of rotatable bonds is 2. The summed E-state index contributed by atoms with van der Waals surface area (Å²) in [5.41, 5.74) is 0. The fraction of sp³-hybridized carbons (Fsp3) is 1.00. The molecular weight excluding hydrogens is 134 g/mol. The first-order valence-corrected chi connectivity index (χ1v) is 4.94. The molecule has 0 aliphatic carbocycles. The van der Waals surface area contributed by atoms with Gasteiger partial charge in [-0.15, -0.1) is 0 Å². The van der Waals surface area contributed by atoms with Gasteiger partial charge in [-0.2, -0.15) is 0 Å². The van der Waals surface area contributed by atoms with E-state index >= 15 is 0 Å². The minimum atomic E-state index is 0.757. The molecule has 1 saturated heterocycles. The predicted molar refractivity (Wildman–Crippen MR) is 49.7 cm³/mol. The maximum atomic E-state index is 3.65. The summed E-state index contributed by atoms with van der Waals surface area (Å²) in [7, 11) is 0. The Morgan fingerprint density at radius 1 is 1.36 bits per heavy atom. The van der Waals surface area contributed by atoms with Crippen LogP contribution < -0.4 is 5.32 Å². The van der Waals surface area contributed by atoms with Crippen LogP contribution in [0.15, 0.2) is 0 Å². The quantitative estimate of drug-likeness (QED) is 0.646. The Hall–Kier alpha value is -0.0400. The summed E-state index contributed by atoms with van der Waals surface area (Å²) < 4.78 is 0. The lowest BCUT2D eigenvalue weighted by atomic mass is 9.93. The molecule has 1 heterocycles. The van der Waals surface area contributed by atoms with Gasteiger partial charge in [-0.25, -0.2) is 0 Å². The third kappa shape index (κ3) is 3.24. The van der Waals surface area contributed by atoms with Crippen molar-refractivity contribution in [1.29, 1.82) is 0 Å². The number of nitrogens with one attached hydrogen (secondary N) is 1. The lowest BCUT2D eigenvalue weighted by Crippen LogP contribution is -2.41. The lowest BCUT2D eigenvalue weighted by Gasteiger charge is -2.29. The molecule has 66 valence electrons. The number of hydrogen-bond donors (Lipinski definition) is 1. The first-order valence-electron chi connectivity index (χ1n) is 4.94. The number of piperidine rings is 1. The Balaban J connectivity index is 2.23. The Kier molecular flexibility index (Phi) is 3.38. The van der Waals surface area contributed by atoms with Gasteiger partial charge in [0.1, 0.15) is 0 Å². The third-order valence-electron chi connectivity index (χ3n) is 2.47. The molecular formula is C10H21N.